The highest BCUT2D eigenvalue weighted by Gasteiger charge is 2.13. The molecule has 0 saturated carbocycles. The molecule has 0 radical (unpaired) electrons. The van der Waals surface area contributed by atoms with Crippen molar-refractivity contribution in [3.8, 4) is 11.8 Å². The van der Waals surface area contributed by atoms with Gasteiger partial charge in [-0.1, -0.05) is 54.1 Å². The molecule has 4 nitrogen and oxygen atoms in total. The number of aromatic amines is 1. The smallest absolute Gasteiger partial charge is 0.149 e. The predicted octanol–water partition coefficient (Wildman–Crippen LogP) is 7.15. The van der Waals surface area contributed by atoms with E-state index in [4.69, 9.17) is 16.3 Å². The molecule has 6 heteroatoms. The normalized spacial score (nSPS) is 11.6. The Balaban J connectivity index is 1.59. The maximum Gasteiger partial charge on any atom is 0.149 e. The Bertz CT molecular complexity index is 1550. The van der Waals surface area contributed by atoms with Crippen LogP contribution in [0.25, 0.3) is 33.5 Å². The monoisotopic (exact) mass is 453 g/mol. The van der Waals surface area contributed by atoms with Crippen LogP contribution in [0.4, 0.5) is 4.39 Å². The van der Waals surface area contributed by atoms with Crippen molar-refractivity contribution >= 4 is 45.1 Å². The molecule has 5 rings (SSSR count). The zero-order valence-corrected chi connectivity index (χ0v) is 18.1. The lowest BCUT2D eigenvalue weighted by molar-refractivity contribution is 0.306. The third kappa shape index (κ3) is 4.30. The molecule has 1 N–H and O–H groups in total. The number of H-pyrrole nitrogens is 1. The minimum Gasteiger partial charge on any atom is -0.488 e. The zero-order valence-electron chi connectivity index (χ0n) is 17.3. The fourth-order valence-corrected chi connectivity index (χ4v) is 3.83. The largest absolute Gasteiger partial charge is 0.488 e. The van der Waals surface area contributed by atoms with Crippen LogP contribution in [0, 0.1) is 17.1 Å². The van der Waals surface area contributed by atoms with Crippen LogP contribution in [0.5, 0.6) is 5.75 Å². The molecule has 0 aliphatic carbocycles. The van der Waals surface area contributed by atoms with Crippen molar-refractivity contribution in [2.75, 3.05) is 0 Å². The van der Waals surface area contributed by atoms with Gasteiger partial charge in [-0.05, 0) is 58.8 Å². The number of allylic oxidation sites excluding steroid dienone is 1. The van der Waals surface area contributed by atoms with Gasteiger partial charge in [-0.25, -0.2) is 9.37 Å². The summed E-state index contributed by atoms with van der Waals surface area (Å²) in [6, 6.07) is 25.7. The first kappa shape index (κ1) is 20.7. The molecule has 0 saturated heterocycles. The highest BCUT2D eigenvalue weighted by atomic mass is 35.5. The topological polar surface area (TPSA) is 61.7 Å². The van der Waals surface area contributed by atoms with E-state index >= 15 is 0 Å². The summed E-state index contributed by atoms with van der Waals surface area (Å²) in [5, 5.41) is 12.5. The van der Waals surface area contributed by atoms with E-state index in [1.807, 2.05) is 60.7 Å². The van der Waals surface area contributed by atoms with Crippen molar-refractivity contribution in [2.24, 2.45) is 0 Å². The van der Waals surface area contributed by atoms with Gasteiger partial charge in [0.05, 0.1) is 16.6 Å². The number of imidazole rings is 1. The van der Waals surface area contributed by atoms with Crippen LogP contribution in [0.3, 0.4) is 0 Å². The van der Waals surface area contributed by atoms with Gasteiger partial charge < -0.3 is 9.72 Å². The number of benzene rings is 4. The first-order valence-corrected chi connectivity index (χ1v) is 10.6. The molecule has 0 bridgehead atoms. The quantitative estimate of drug-likeness (QED) is 0.287. The number of hydrogen-bond acceptors (Lipinski definition) is 3. The molecule has 4 aromatic carbocycles. The summed E-state index contributed by atoms with van der Waals surface area (Å²) in [5.41, 5.74) is 3.18. The minimum atomic E-state index is -0.368. The van der Waals surface area contributed by atoms with Gasteiger partial charge >= 0.3 is 0 Å². The number of aromatic nitrogens is 2. The Labute approximate surface area is 194 Å². The van der Waals surface area contributed by atoms with Crippen molar-refractivity contribution in [1.82, 2.24) is 9.97 Å². The summed E-state index contributed by atoms with van der Waals surface area (Å²) in [6.45, 7) is 0.349. The lowest BCUT2D eigenvalue weighted by Gasteiger charge is -2.13. The van der Waals surface area contributed by atoms with Crippen molar-refractivity contribution in [3.63, 3.8) is 0 Å². The molecule has 0 aliphatic heterocycles. The SMILES string of the molecule is N#C/C(=C/c1c(OCc2ccc(Cl)cc2)ccc2ccccc12)c1nc2ccc(F)cc2[nH]1. The number of fused-ring (bicyclic) bond motifs is 2. The Morgan fingerprint density at radius 3 is 2.70 bits per heavy atom. The van der Waals surface area contributed by atoms with Crippen LogP contribution >= 0.6 is 11.6 Å². The summed E-state index contributed by atoms with van der Waals surface area (Å²) in [5.74, 6) is 0.639. The van der Waals surface area contributed by atoms with Crippen molar-refractivity contribution in [3.05, 3.63) is 107 Å². The van der Waals surface area contributed by atoms with Crippen LogP contribution in [0.1, 0.15) is 17.0 Å². The predicted molar refractivity (Wildman–Crippen MR) is 129 cm³/mol. The number of halogens is 2. The van der Waals surface area contributed by atoms with E-state index in [9.17, 15) is 9.65 Å². The molecule has 0 fully saturated rings. The second-order valence-corrected chi connectivity index (χ2v) is 7.97. The van der Waals surface area contributed by atoms with Gasteiger partial charge in [-0.2, -0.15) is 5.26 Å². The van der Waals surface area contributed by atoms with Gasteiger partial charge in [0.2, 0.25) is 0 Å². The number of nitrogens with zero attached hydrogens (tertiary/aromatic N) is 2. The van der Waals surface area contributed by atoms with Gasteiger partial charge in [0, 0.05) is 10.6 Å². The third-order valence-electron chi connectivity index (χ3n) is 5.35. The van der Waals surface area contributed by atoms with Crippen molar-refractivity contribution in [2.45, 2.75) is 6.61 Å². The molecular formula is C27H17ClFN3O. The lowest BCUT2D eigenvalue weighted by Crippen LogP contribution is -1.98. The minimum absolute atomic E-state index is 0.319. The van der Waals surface area contributed by atoms with Crippen LogP contribution in [-0.2, 0) is 6.61 Å². The average Bonchev–Trinajstić information content (AvgIpc) is 3.25. The molecule has 0 unspecified atom stereocenters. The first-order chi connectivity index (χ1) is 16.1. The highest BCUT2D eigenvalue weighted by Crippen LogP contribution is 2.32. The average molecular weight is 454 g/mol. The van der Waals surface area contributed by atoms with Gasteiger partial charge in [0.25, 0.3) is 0 Å². The molecule has 5 aromatic rings. The summed E-state index contributed by atoms with van der Waals surface area (Å²) in [4.78, 5) is 7.51. The van der Waals surface area contributed by atoms with E-state index in [0.717, 1.165) is 21.9 Å². The van der Waals surface area contributed by atoms with E-state index in [0.29, 0.717) is 39.8 Å². The van der Waals surface area contributed by atoms with E-state index in [2.05, 4.69) is 16.0 Å². The van der Waals surface area contributed by atoms with Gasteiger partial charge in [0.1, 0.15) is 30.1 Å². The maximum absolute atomic E-state index is 13.6. The van der Waals surface area contributed by atoms with E-state index < -0.39 is 0 Å². The fourth-order valence-electron chi connectivity index (χ4n) is 3.70. The van der Waals surface area contributed by atoms with Crippen molar-refractivity contribution in [1.29, 1.82) is 5.26 Å². The molecule has 1 heterocycles. The number of ether oxygens (including phenoxy) is 1. The molecule has 0 atom stereocenters. The molecule has 0 aliphatic rings. The number of hydrogen-bond donors (Lipinski definition) is 1. The molecule has 0 amide bonds. The van der Waals surface area contributed by atoms with Crippen LogP contribution in [0.15, 0.2) is 78.9 Å². The van der Waals surface area contributed by atoms with Crippen molar-refractivity contribution < 1.29 is 9.13 Å². The standard InChI is InChI=1S/C27H17ClFN3O/c28-20-8-5-17(6-9-20)16-33-26-12-7-18-3-1-2-4-22(18)23(26)13-19(15-30)27-31-24-11-10-21(29)14-25(24)32-27/h1-14H,16H2,(H,31,32)/b19-13-. The molecular weight excluding hydrogens is 437 g/mol. The van der Waals surface area contributed by atoms with Gasteiger partial charge in [0.15, 0.2) is 0 Å². The Morgan fingerprint density at radius 2 is 1.88 bits per heavy atom. The second-order valence-electron chi connectivity index (χ2n) is 7.53. The summed E-state index contributed by atoms with van der Waals surface area (Å²) >= 11 is 5.98. The molecule has 160 valence electrons. The number of nitriles is 1. The maximum atomic E-state index is 13.6. The van der Waals surface area contributed by atoms with Crippen LogP contribution in [-0.4, -0.2) is 9.97 Å². The lowest BCUT2D eigenvalue weighted by atomic mass is 10.0. The van der Waals surface area contributed by atoms with E-state index in [1.165, 1.54) is 12.1 Å². The molecule has 1 aromatic heterocycles. The number of nitrogens with one attached hydrogen (secondary N) is 1. The second kappa shape index (κ2) is 8.78. The van der Waals surface area contributed by atoms with Gasteiger partial charge in [-0.3, -0.25) is 0 Å². The third-order valence-corrected chi connectivity index (χ3v) is 5.60. The zero-order chi connectivity index (χ0) is 22.8. The Morgan fingerprint density at radius 1 is 1.06 bits per heavy atom. The number of rotatable bonds is 5. The summed E-state index contributed by atoms with van der Waals surface area (Å²) < 4.78 is 19.7. The Kier molecular flexibility index (Phi) is 5.52. The van der Waals surface area contributed by atoms with E-state index in [-0.39, 0.29) is 5.82 Å². The van der Waals surface area contributed by atoms with Crippen LogP contribution in [0.2, 0.25) is 5.02 Å². The highest BCUT2D eigenvalue weighted by molar-refractivity contribution is 6.30. The van der Waals surface area contributed by atoms with E-state index in [1.54, 1.807) is 12.1 Å². The molecule has 33 heavy (non-hydrogen) atoms. The fraction of sp³-hybridized carbons (Fsp3) is 0.0370. The van der Waals surface area contributed by atoms with Crippen LogP contribution < -0.4 is 4.74 Å². The van der Waals surface area contributed by atoms with Gasteiger partial charge in [-0.15, -0.1) is 0 Å². The Hall–Kier alpha value is -4.14. The summed E-state index contributed by atoms with van der Waals surface area (Å²) in [7, 11) is 0. The molecule has 0 spiro atoms. The first-order valence-electron chi connectivity index (χ1n) is 10.3. The summed E-state index contributed by atoms with van der Waals surface area (Å²) in [6.07, 6.45) is 1.76.